The van der Waals surface area contributed by atoms with Crippen molar-refractivity contribution in [3.05, 3.63) is 42.1 Å². The van der Waals surface area contributed by atoms with E-state index in [1.807, 2.05) is 6.92 Å². The Hall–Kier alpha value is -3.16. The number of hydrogen-bond donors (Lipinski definition) is 2. The molecular weight excluding hydrogens is 325 g/mol. The molecule has 8 heteroatoms. The highest BCUT2D eigenvalue weighted by Crippen LogP contribution is 2.32. The molecule has 1 amide bonds. The summed E-state index contributed by atoms with van der Waals surface area (Å²) in [7, 11) is 1.45. The average Bonchev–Trinajstić information content (AvgIpc) is 2.96. The molecule has 0 saturated heterocycles. The summed E-state index contributed by atoms with van der Waals surface area (Å²) in [6.45, 7) is 2.48. The Morgan fingerprint density at radius 2 is 2.24 bits per heavy atom. The molecule has 3 aromatic heterocycles. The van der Waals surface area contributed by atoms with Crippen LogP contribution in [-0.4, -0.2) is 33.9 Å². The molecule has 130 valence electrons. The number of ether oxygens (including phenoxy) is 1. The average molecular weight is 343 g/mol. The zero-order valence-corrected chi connectivity index (χ0v) is 13.9. The van der Waals surface area contributed by atoms with E-state index in [0.29, 0.717) is 23.3 Å². The molecule has 0 fully saturated rings. The standard InChI is InChI=1S/C17H18FN5O2/c1-3-6-20-16(24)13-14(19)23-7-4-5-11(15(23)22-13)12-8-10(18)9-21-17(12)25-2/h4-5,7-9H,3,6,19H2,1-2H3,(H,20,24). The third kappa shape index (κ3) is 2.98. The fourth-order valence-corrected chi connectivity index (χ4v) is 2.57. The number of amides is 1. The minimum atomic E-state index is -0.502. The summed E-state index contributed by atoms with van der Waals surface area (Å²) in [5, 5.41) is 2.75. The molecule has 0 aliphatic rings. The molecule has 0 aliphatic carbocycles. The summed E-state index contributed by atoms with van der Waals surface area (Å²) in [4.78, 5) is 20.6. The van der Waals surface area contributed by atoms with Crippen LogP contribution in [0, 0.1) is 5.82 Å². The van der Waals surface area contributed by atoms with Gasteiger partial charge >= 0.3 is 0 Å². The number of hydrogen-bond acceptors (Lipinski definition) is 5. The molecule has 0 unspecified atom stereocenters. The highest BCUT2D eigenvalue weighted by molar-refractivity contribution is 5.98. The second-order valence-electron chi connectivity index (χ2n) is 5.43. The van der Waals surface area contributed by atoms with Crippen molar-refractivity contribution in [1.29, 1.82) is 0 Å². The molecule has 3 heterocycles. The maximum Gasteiger partial charge on any atom is 0.273 e. The third-order valence-electron chi connectivity index (χ3n) is 3.74. The van der Waals surface area contributed by atoms with Crippen LogP contribution in [0.5, 0.6) is 5.88 Å². The van der Waals surface area contributed by atoms with Crippen molar-refractivity contribution < 1.29 is 13.9 Å². The van der Waals surface area contributed by atoms with Crippen molar-refractivity contribution in [3.8, 4) is 17.0 Å². The number of methoxy groups -OCH3 is 1. The van der Waals surface area contributed by atoms with Gasteiger partial charge < -0.3 is 15.8 Å². The lowest BCUT2D eigenvalue weighted by Gasteiger charge is -2.08. The Bertz CT molecular complexity index is 938. The van der Waals surface area contributed by atoms with Crippen molar-refractivity contribution in [2.75, 3.05) is 19.4 Å². The lowest BCUT2D eigenvalue weighted by atomic mass is 10.1. The van der Waals surface area contributed by atoms with Crippen LogP contribution in [0.15, 0.2) is 30.6 Å². The van der Waals surface area contributed by atoms with Crippen LogP contribution in [-0.2, 0) is 0 Å². The number of halogens is 1. The number of aromatic nitrogens is 3. The molecule has 3 rings (SSSR count). The Morgan fingerprint density at radius 3 is 2.96 bits per heavy atom. The van der Waals surface area contributed by atoms with Gasteiger partial charge in [0.15, 0.2) is 5.69 Å². The molecular formula is C17H18FN5O2. The maximum atomic E-state index is 13.7. The number of pyridine rings is 2. The minimum absolute atomic E-state index is 0.129. The zero-order chi connectivity index (χ0) is 18.0. The molecule has 0 saturated carbocycles. The lowest BCUT2D eigenvalue weighted by molar-refractivity contribution is 0.0950. The normalized spacial score (nSPS) is 10.8. The van der Waals surface area contributed by atoms with Crippen molar-refractivity contribution in [2.45, 2.75) is 13.3 Å². The number of nitrogens with one attached hydrogen (secondary N) is 1. The zero-order valence-electron chi connectivity index (χ0n) is 13.9. The topological polar surface area (TPSA) is 94.5 Å². The number of imidazole rings is 1. The fraction of sp³-hybridized carbons (Fsp3) is 0.235. The van der Waals surface area contributed by atoms with Gasteiger partial charge in [-0.1, -0.05) is 6.92 Å². The van der Waals surface area contributed by atoms with Gasteiger partial charge in [0, 0.05) is 18.3 Å². The van der Waals surface area contributed by atoms with Gasteiger partial charge in [-0.25, -0.2) is 14.4 Å². The summed E-state index contributed by atoms with van der Waals surface area (Å²) in [5.74, 6) is -0.376. The van der Waals surface area contributed by atoms with Crippen LogP contribution in [0.1, 0.15) is 23.8 Å². The number of carbonyl (C=O) groups excluding carboxylic acids is 1. The molecule has 3 aromatic rings. The van der Waals surface area contributed by atoms with Gasteiger partial charge in [0.2, 0.25) is 5.88 Å². The Morgan fingerprint density at radius 1 is 1.44 bits per heavy atom. The largest absolute Gasteiger partial charge is 0.481 e. The molecule has 0 spiro atoms. The first-order chi connectivity index (χ1) is 12.1. The third-order valence-corrected chi connectivity index (χ3v) is 3.74. The van der Waals surface area contributed by atoms with E-state index in [2.05, 4.69) is 15.3 Å². The Balaban J connectivity index is 2.18. The number of nitrogens with zero attached hydrogens (tertiary/aromatic N) is 3. The van der Waals surface area contributed by atoms with E-state index >= 15 is 0 Å². The van der Waals surface area contributed by atoms with Crippen LogP contribution >= 0.6 is 0 Å². The van der Waals surface area contributed by atoms with Crippen LogP contribution in [0.2, 0.25) is 0 Å². The first-order valence-corrected chi connectivity index (χ1v) is 7.81. The van der Waals surface area contributed by atoms with Crippen molar-refractivity contribution in [1.82, 2.24) is 19.7 Å². The van der Waals surface area contributed by atoms with E-state index in [-0.39, 0.29) is 23.3 Å². The van der Waals surface area contributed by atoms with Crippen molar-refractivity contribution in [3.63, 3.8) is 0 Å². The summed E-state index contributed by atoms with van der Waals surface area (Å²) in [6.07, 6.45) is 3.57. The summed E-state index contributed by atoms with van der Waals surface area (Å²) in [6, 6.07) is 4.79. The molecule has 0 atom stereocenters. The van der Waals surface area contributed by atoms with E-state index in [1.165, 1.54) is 13.2 Å². The van der Waals surface area contributed by atoms with Gasteiger partial charge in [-0.15, -0.1) is 0 Å². The van der Waals surface area contributed by atoms with Gasteiger partial charge in [-0.05, 0) is 24.6 Å². The predicted molar refractivity (Wildman–Crippen MR) is 92.0 cm³/mol. The van der Waals surface area contributed by atoms with E-state index in [1.54, 1.807) is 22.7 Å². The number of anilines is 1. The molecule has 0 aromatic carbocycles. The fourth-order valence-electron chi connectivity index (χ4n) is 2.57. The number of fused-ring (bicyclic) bond motifs is 1. The number of rotatable bonds is 5. The van der Waals surface area contributed by atoms with Crippen molar-refractivity contribution >= 4 is 17.4 Å². The quantitative estimate of drug-likeness (QED) is 0.741. The monoisotopic (exact) mass is 343 g/mol. The smallest absolute Gasteiger partial charge is 0.273 e. The molecule has 0 aliphatic heterocycles. The number of nitrogen functional groups attached to an aromatic ring is 1. The highest BCUT2D eigenvalue weighted by atomic mass is 19.1. The molecule has 0 radical (unpaired) electrons. The Kier molecular flexibility index (Phi) is 4.51. The molecule has 7 nitrogen and oxygen atoms in total. The van der Waals surface area contributed by atoms with E-state index in [9.17, 15) is 9.18 Å². The van der Waals surface area contributed by atoms with Gasteiger partial charge in [0.25, 0.3) is 5.91 Å². The van der Waals surface area contributed by atoms with Crippen LogP contribution in [0.25, 0.3) is 16.8 Å². The van der Waals surface area contributed by atoms with Crippen LogP contribution < -0.4 is 15.8 Å². The second kappa shape index (κ2) is 6.76. The van der Waals surface area contributed by atoms with E-state index < -0.39 is 5.82 Å². The lowest BCUT2D eigenvalue weighted by Crippen LogP contribution is -2.25. The number of nitrogens with two attached hydrogens (primary N) is 1. The predicted octanol–water partition coefficient (Wildman–Crippen LogP) is 2.27. The van der Waals surface area contributed by atoms with Gasteiger partial charge in [-0.3, -0.25) is 9.20 Å². The summed E-state index contributed by atoms with van der Waals surface area (Å²) >= 11 is 0. The van der Waals surface area contributed by atoms with E-state index in [0.717, 1.165) is 12.6 Å². The number of carbonyl (C=O) groups is 1. The SMILES string of the molecule is CCCNC(=O)c1nc2c(-c3cc(F)cnc3OC)cccn2c1N. The summed E-state index contributed by atoms with van der Waals surface area (Å²) < 4.78 is 20.5. The van der Waals surface area contributed by atoms with Gasteiger partial charge in [0.05, 0.1) is 18.9 Å². The highest BCUT2D eigenvalue weighted by Gasteiger charge is 2.20. The first-order valence-electron chi connectivity index (χ1n) is 7.81. The molecule has 3 N–H and O–H groups in total. The first kappa shape index (κ1) is 16.7. The van der Waals surface area contributed by atoms with E-state index in [4.69, 9.17) is 10.5 Å². The molecule has 25 heavy (non-hydrogen) atoms. The maximum absolute atomic E-state index is 13.7. The van der Waals surface area contributed by atoms with Crippen LogP contribution in [0.3, 0.4) is 0 Å². The van der Waals surface area contributed by atoms with Crippen molar-refractivity contribution in [2.24, 2.45) is 0 Å². The van der Waals surface area contributed by atoms with Gasteiger partial charge in [-0.2, -0.15) is 0 Å². The Labute approximate surface area is 143 Å². The molecule has 0 bridgehead atoms. The second-order valence-corrected chi connectivity index (χ2v) is 5.43. The minimum Gasteiger partial charge on any atom is -0.481 e. The summed E-state index contributed by atoms with van der Waals surface area (Å²) in [5.41, 5.74) is 7.62. The van der Waals surface area contributed by atoms with Crippen LogP contribution in [0.4, 0.5) is 10.2 Å². The van der Waals surface area contributed by atoms with Gasteiger partial charge in [0.1, 0.15) is 17.3 Å².